The Morgan fingerprint density at radius 3 is 2.57 bits per heavy atom. The number of amides is 3. The molecule has 1 aromatic carbocycles. The lowest BCUT2D eigenvalue weighted by Gasteiger charge is -2.36. The average Bonchev–Trinajstić information content (AvgIpc) is 2.54. The predicted octanol–water partition coefficient (Wildman–Crippen LogP) is 1.47. The molecule has 1 aliphatic rings. The lowest BCUT2D eigenvalue weighted by Crippen LogP contribution is -2.51. The average molecular weight is 337 g/mol. The van der Waals surface area contributed by atoms with Crippen LogP contribution in [0.25, 0.3) is 0 Å². The third kappa shape index (κ3) is 5.26. The number of nitrogens with one attached hydrogen (secondary N) is 2. The molecule has 2 N–H and O–H groups in total. The number of rotatable bonds is 5. The summed E-state index contributed by atoms with van der Waals surface area (Å²) in [6.45, 7) is 7.10. The van der Waals surface area contributed by atoms with Crippen molar-refractivity contribution in [1.82, 2.24) is 15.5 Å². The highest BCUT2D eigenvalue weighted by atomic mass is 35.5. The lowest BCUT2D eigenvalue weighted by molar-refractivity contribution is -0.121. The quantitative estimate of drug-likeness (QED) is 0.799. The zero-order chi connectivity index (χ0) is 16.7. The molecular formula is C16H21ClN4O2. The van der Waals surface area contributed by atoms with Crippen LogP contribution in [0.1, 0.15) is 0 Å². The molecule has 0 bridgehead atoms. The monoisotopic (exact) mass is 336 g/mol. The Bertz CT molecular complexity index is 571. The van der Waals surface area contributed by atoms with Gasteiger partial charge in [0.15, 0.2) is 0 Å². The second-order valence-electron chi connectivity index (χ2n) is 5.26. The van der Waals surface area contributed by atoms with E-state index in [1.165, 1.54) is 0 Å². The first-order chi connectivity index (χ1) is 11.1. The largest absolute Gasteiger partial charge is 0.368 e. The summed E-state index contributed by atoms with van der Waals surface area (Å²) in [4.78, 5) is 27.4. The molecular weight excluding hydrogens is 316 g/mol. The summed E-state index contributed by atoms with van der Waals surface area (Å²) in [6.07, 6.45) is 1.55. The van der Waals surface area contributed by atoms with Gasteiger partial charge >= 0.3 is 6.03 Å². The summed E-state index contributed by atoms with van der Waals surface area (Å²) in [5.41, 5.74) is 1.02. The highest BCUT2D eigenvalue weighted by Crippen LogP contribution is 2.25. The van der Waals surface area contributed by atoms with Gasteiger partial charge in [-0.15, -0.1) is 6.58 Å². The van der Waals surface area contributed by atoms with E-state index in [0.29, 0.717) is 6.54 Å². The number of piperazine rings is 1. The molecule has 2 rings (SSSR count). The summed E-state index contributed by atoms with van der Waals surface area (Å²) < 4.78 is 0. The molecule has 3 amide bonds. The number of carbonyl (C=O) groups is 2. The first-order valence-electron chi connectivity index (χ1n) is 7.50. The first-order valence-corrected chi connectivity index (χ1v) is 7.88. The Hall–Kier alpha value is -2.05. The van der Waals surface area contributed by atoms with E-state index in [0.717, 1.165) is 36.9 Å². The standard InChI is InChI=1S/C16H21ClN4O2/c1-2-7-18-16(23)19-15(22)12-20-8-10-21(11-9-20)14-6-4-3-5-13(14)17/h2-6H,1,7-12H2,(H2,18,19,22,23). The third-order valence-corrected chi connectivity index (χ3v) is 3.91. The summed E-state index contributed by atoms with van der Waals surface area (Å²) in [7, 11) is 0. The molecule has 6 nitrogen and oxygen atoms in total. The summed E-state index contributed by atoms with van der Waals surface area (Å²) in [5.74, 6) is -0.308. The molecule has 124 valence electrons. The van der Waals surface area contributed by atoms with Gasteiger partial charge in [0.2, 0.25) is 5.91 Å². The number of benzene rings is 1. The van der Waals surface area contributed by atoms with Crippen LogP contribution < -0.4 is 15.5 Å². The summed E-state index contributed by atoms with van der Waals surface area (Å²) in [5, 5.41) is 5.54. The van der Waals surface area contributed by atoms with Gasteiger partial charge in [-0.2, -0.15) is 0 Å². The van der Waals surface area contributed by atoms with E-state index >= 15 is 0 Å². The molecule has 0 spiro atoms. The van der Waals surface area contributed by atoms with Crippen LogP contribution in [0.3, 0.4) is 0 Å². The van der Waals surface area contributed by atoms with Crippen molar-refractivity contribution in [2.45, 2.75) is 0 Å². The Labute approximate surface area is 141 Å². The molecule has 1 aromatic rings. The van der Waals surface area contributed by atoms with E-state index in [2.05, 4.69) is 22.1 Å². The molecule has 0 aliphatic carbocycles. The van der Waals surface area contributed by atoms with Gasteiger partial charge in [0.1, 0.15) is 0 Å². The molecule has 1 aliphatic heterocycles. The third-order valence-electron chi connectivity index (χ3n) is 3.59. The number of halogens is 1. The number of hydrogen-bond donors (Lipinski definition) is 2. The van der Waals surface area contributed by atoms with Crippen molar-refractivity contribution in [1.29, 1.82) is 0 Å². The van der Waals surface area contributed by atoms with E-state index in [-0.39, 0.29) is 12.5 Å². The minimum absolute atomic E-state index is 0.206. The Morgan fingerprint density at radius 1 is 1.22 bits per heavy atom. The molecule has 0 atom stereocenters. The van der Waals surface area contributed by atoms with Crippen molar-refractivity contribution in [3.05, 3.63) is 41.9 Å². The number of imide groups is 1. The number of anilines is 1. The molecule has 1 fully saturated rings. The number of para-hydroxylation sites is 1. The van der Waals surface area contributed by atoms with Gasteiger partial charge in [-0.1, -0.05) is 29.8 Å². The fraction of sp³-hybridized carbons (Fsp3) is 0.375. The van der Waals surface area contributed by atoms with Crippen LogP contribution in [0.15, 0.2) is 36.9 Å². The number of nitrogens with zero attached hydrogens (tertiary/aromatic N) is 2. The predicted molar refractivity (Wildman–Crippen MR) is 91.8 cm³/mol. The van der Waals surface area contributed by atoms with Gasteiger partial charge in [0, 0.05) is 32.7 Å². The van der Waals surface area contributed by atoms with Crippen molar-refractivity contribution in [3.8, 4) is 0 Å². The van der Waals surface area contributed by atoms with Crippen LogP contribution >= 0.6 is 11.6 Å². The highest BCUT2D eigenvalue weighted by molar-refractivity contribution is 6.33. The van der Waals surface area contributed by atoms with E-state index < -0.39 is 6.03 Å². The maximum Gasteiger partial charge on any atom is 0.321 e. The van der Waals surface area contributed by atoms with E-state index in [1.807, 2.05) is 29.2 Å². The second-order valence-corrected chi connectivity index (χ2v) is 5.67. The minimum atomic E-state index is -0.496. The maximum absolute atomic E-state index is 11.8. The number of hydrogen-bond acceptors (Lipinski definition) is 4. The van der Waals surface area contributed by atoms with Gasteiger partial charge in [0.25, 0.3) is 0 Å². The van der Waals surface area contributed by atoms with Gasteiger partial charge in [-0.3, -0.25) is 15.0 Å². The van der Waals surface area contributed by atoms with Crippen LogP contribution in [-0.2, 0) is 4.79 Å². The molecule has 0 saturated carbocycles. The summed E-state index contributed by atoms with van der Waals surface area (Å²) in [6, 6.07) is 7.24. The molecule has 23 heavy (non-hydrogen) atoms. The van der Waals surface area contributed by atoms with Crippen molar-refractivity contribution in [2.75, 3.05) is 44.2 Å². The maximum atomic E-state index is 11.8. The van der Waals surface area contributed by atoms with Crippen LogP contribution in [0.4, 0.5) is 10.5 Å². The van der Waals surface area contributed by atoms with Gasteiger partial charge < -0.3 is 10.2 Å². The number of carbonyl (C=O) groups excluding carboxylic acids is 2. The van der Waals surface area contributed by atoms with E-state index in [9.17, 15) is 9.59 Å². The van der Waals surface area contributed by atoms with Gasteiger partial charge in [-0.25, -0.2) is 4.79 Å². The van der Waals surface area contributed by atoms with Crippen molar-refractivity contribution in [2.24, 2.45) is 0 Å². The first kappa shape index (κ1) is 17.3. The van der Waals surface area contributed by atoms with E-state index in [4.69, 9.17) is 11.6 Å². The molecule has 0 radical (unpaired) electrons. The van der Waals surface area contributed by atoms with Gasteiger partial charge in [0.05, 0.1) is 17.3 Å². The molecule has 1 saturated heterocycles. The molecule has 7 heteroatoms. The zero-order valence-corrected chi connectivity index (χ0v) is 13.7. The lowest BCUT2D eigenvalue weighted by atomic mass is 10.2. The zero-order valence-electron chi connectivity index (χ0n) is 12.9. The smallest absolute Gasteiger partial charge is 0.321 e. The van der Waals surface area contributed by atoms with Crippen molar-refractivity contribution < 1.29 is 9.59 Å². The highest BCUT2D eigenvalue weighted by Gasteiger charge is 2.20. The topological polar surface area (TPSA) is 64.7 Å². The normalized spacial score (nSPS) is 15.1. The van der Waals surface area contributed by atoms with Crippen LogP contribution in [-0.4, -0.2) is 56.1 Å². The Balaban J connectivity index is 1.76. The fourth-order valence-corrected chi connectivity index (χ4v) is 2.69. The Morgan fingerprint density at radius 2 is 1.91 bits per heavy atom. The van der Waals surface area contributed by atoms with Crippen molar-refractivity contribution >= 4 is 29.2 Å². The molecule has 1 heterocycles. The van der Waals surface area contributed by atoms with Gasteiger partial charge in [-0.05, 0) is 12.1 Å². The van der Waals surface area contributed by atoms with Crippen molar-refractivity contribution in [3.63, 3.8) is 0 Å². The fourth-order valence-electron chi connectivity index (χ4n) is 2.43. The van der Waals surface area contributed by atoms with Crippen LogP contribution in [0.2, 0.25) is 5.02 Å². The second kappa shape index (κ2) is 8.55. The minimum Gasteiger partial charge on any atom is -0.368 e. The summed E-state index contributed by atoms with van der Waals surface area (Å²) >= 11 is 6.21. The number of urea groups is 1. The SMILES string of the molecule is C=CCNC(=O)NC(=O)CN1CCN(c2ccccc2Cl)CC1. The van der Waals surface area contributed by atoms with Crippen LogP contribution in [0, 0.1) is 0 Å². The van der Waals surface area contributed by atoms with Crippen LogP contribution in [0.5, 0.6) is 0 Å². The Kier molecular flexibility index (Phi) is 6.43. The molecule has 0 aromatic heterocycles. The van der Waals surface area contributed by atoms with E-state index in [1.54, 1.807) is 6.08 Å². The molecule has 0 unspecified atom stereocenters.